The second-order valence-electron chi connectivity index (χ2n) is 8.97. The normalized spacial score (nSPS) is 15.6. The lowest BCUT2D eigenvalue weighted by atomic mass is 9.85. The SMILES string of the molecule is CC(C)(C)c1cc(O)c(O)c(CN2CCN(C(=O)c3cc4ccccc4o3)CC2)c1. The first-order valence-corrected chi connectivity index (χ1v) is 10.3. The predicted molar refractivity (Wildman–Crippen MR) is 116 cm³/mol. The molecule has 2 N–H and O–H groups in total. The first kappa shape index (κ1) is 20.3. The van der Waals surface area contributed by atoms with Crippen LogP contribution in [0.3, 0.4) is 0 Å². The van der Waals surface area contributed by atoms with E-state index in [0.29, 0.717) is 49.6 Å². The van der Waals surface area contributed by atoms with Crippen molar-refractivity contribution in [1.82, 2.24) is 9.80 Å². The van der Waals surface area contributed by atoms with E-state index in [1.165, 1.54) is 0 Å². The van der Waals surface area contributed by atoms with Crippen molar-refractivity contribution >= 4 is 16.9 Å². The van der Waals surface area contributed by atoms with Crippen LogP contribution in [-0.4, -0.2) is 52.1 Å². The molecule has 1 aliphatic heterocycles. The highest BCUT2D eigenvalue weighted by atomic mass is 16.3. The van der Waals surface area contributed by atoms with Gasteiger partial charge in [-0.15, -0.1) is 0 Å². The number of amides is 1. The molecule has 1 fully saturated rings. The van der Waals surface area contributed by atoms with Crippen LogP contribution in [0.5, 0.6) is 11.5 Å². The number of carbonyl (C=O) groups is 1. The van der Waals surface area contributed by atoms with Gasteiger partial charge in [-0.3, -0.25) is 9.69 Å². The third kappa shape index (κ3) is 4.00. The Hall–Kier alpha value is -2.99. The summed E-state index contributed by atoms with van der Waals surface area (Å²) in [6.45, 7) is 9.29. The predicted octanol–water partition coefficient (Wildman–Crippen LogP) is 4.10. The van der Waals surface area contributed by atoms with E-state index in [1.807, 2.05) is 30.3 Å². The van der Waals surface area contributed by atoms with Crippen molar-refractivity contribution in [1.29, 1.82) is 0 Å². The highest BCUT2D eigenvalue weighted by Crippen LogP contribution is 2.36. The van der Waals surface area contributed by atoms with Crippen LogP contribution in [0, 0.1) is 0 Å². The van der Waals surface area contributed by atoms with Crippen molar-refractivity contribution in [2.24, 2.45) is 0 Å². The molecule has 4 rings (SSSR count). The molecule has 1 aliphatic rings. The molecule has 0 atom stereocenters. The molecule has 1 saturated heterocycles. The largest absolute Gasteiger partial charge is 0.504 e. The van der Waals surface area contributed by atoms with Gasteiger partial charge in [-0.25, -0.2) is 0 Å². The van der Waals surface area contributed by atoms with Gasteiger partial charge in [0.1, 0.15) is 5.58 Å². The van der Waals surface area contributed by atoms with Crippen molar-refractivity contribution in [2.75, 3.05) is 26.2 Å². The number of hydrogen-bond acceptors (Lipinski definition) is 5. The maximum atomic E-state index is 12.8. The lowest BCUT2D eigenvalue weighted by molar-refractivity contribution is 0.0599. The van der Waals surface area contributed by atoms with E-state index in [0.717, 1.165) is 10.9 Å². The van der Waals surface area contributed by atoms with Crippen LogP contribution in [0.2, 0.25) is 0 Å². The smallest absolute Gasteiger partial charge is 0.289 e. The van der Waals surface area contributed by atoms with Crippen LogP contribution in [0.4, 0.5) is 0 Å². The van der Waals surface area contributed by atoms with Crippen LogP contribution in [0.1, 0.15) is 42.5 Å². The van der Waals surface area contributed by atoms with Gasteiger partial charge in [-0.2, -0.15) is 0 Å². The molecular formula is C24H28N2O4. The molecular weight excluding hydrogens is 380 g/mol. The van der Waals surface area contributed by atoms with Crippen molar-refractivity contribution in [2.45, 2.75) is 32.7 Å². The molecule has 1 aromatic heterocycles. The average molecular weight is 408 g/mol. The Morgan fingerprint density at radius 3 is 2.40 bits per heavy atom. The van der Waals surface area contributed by atoms with Crippen LogP contribution in [0.15, 0.2) is 46.9 Å². The number of phenols is 2. The standard InChI is InChI=1S/C24H28N2O4/c1-24(2,3)18-12-17(22(28)19(27)14-18)15-25-8-10-26(11-9-25)23(29)21-13-16-6-4-5-7-20(16)30-21/h4-7,12-14,27-28H,8-11,15H2,1-3H3. The van der Waals surface area contributed by atoms with E-state index >= 15 is 0 Å². The number of rotatable bonds is 3. The van der Waals surface area contributed by atoms with Crippen LogP contribution in [-0.2, 0) is 12.0 Å². The van der Waals surface area contributed by atoms with E-state index in [1.54, 1.807) is 17.0 Å². The molecule has 0 saturated carbocycles. The molecule has 30 heavy (non-hydrogen) atoms. The number of phenolic OH excluding ortho intramolecular Hbond substituents is 2. The van der Waals surface area contributed by atoms with Crippen molar-refractivity contribution in [3.63, 3.8) is 0 Å². The summed E-state index contributed by atoms with van der Waals surface area (Å²) in [4.78, 5) is 16.8. The summed E-state index contributed by atoms with van der Waals surface area (Å²) < 4.78 is 5.71. The summed E-state index contributed by atoms with van der Waals surface area (Å²) in [5.74, 6) is 0.117. The van der Waals surface area contributed by atoms with Gasteiger partial charge in [0, 0.05) is 43.7 Å². The Kier molecular flexibility index (Phi) is 5.20. The Labute approximate surface area is 176 Å². The summed E-state index contributed by atoms with van der Waals surface area (Å²) in [7, 11) is 0. The number of benzene rings is 2. The monoisotopic (exact) mass is 408 g/mol. The molecule has 0 aliphatic carbocycles. The third-order valence-corrected chi connectivity index (χ3v) is 5.72. The zero-order valence-corrected chi connectivity index (χ0v) is 17.7. The fourth-order valence-corrected chi connectivity index (χ4v) is 3.82. The summed E-state index contributed by atoms with van der Waals surface area (Å²) in [6, 6.07) is 13.0. The van der Waals surface area contributed by atoms with Gasteiger partial charge in [0.15, 0.2) is 17.3 Å². The Morgan fingerprint density at radius 1 is 1.03 bits per heavy atom. The average Bonchev–Trinajstić information content (AvgIpc) is 3.15. The quantitative estimate of drug-likeness (QED) is 0.638. The molecule has 6 heteroatoms. The second kappa shape index (κ2) is 7.69. The van der Waals surface area contributed by atoms with Crippen molar-refractivity contribution < 1.29 is 19.4 Å². The molecule has 0 bridgehead atoms. The number of carbonyl (C=O) groups excluding carboxylic acids is 1. The van der Waals surface area contributed by atoms with Gasteiger partial charge >= 0.3 is 0 Å². The maximum absolute atomic E-state index is 12.8. The van der Waals surface area contributed by atoms with Gasteiger partial charge in [-0.05, 0) is 29.2 Å². The zero-order chi connectivity index (χ0) is 21.5. The van der Waals surface area contributed by atoms with Gasteiger partial charge in [0.25, 0.3) is 5.91 Å². The number of fused-ring (bicyclic) bond motifs is 1. The van der Waals surface area contributed by atoms with Gasteiger partial charge < -0.3 is 19.5 Å². The van der Waals surface area contributed by atoms with Gasteiger partial charge in [0.2, 0.25) is 0 Å². The van der Waals surface area contributed by atoms with E-state index in [9.17, 15) is 15.0 Å². The highest BCUT2D eigenvalue weighted by Gasteiger charge is 2.26. The second-order valence-corrected chi connectivity index (χ2v) is 8.97. The van der Waals surface area contributed by atoms with Crippen molar-refractivity contribution in [3.05, 3.63) is 59.4 Å². The molecule has 2 aromatic carbocycles. The molecule has 1 amide bonds. The minimum atomic E-state index is -0.127. The minimum Gasteiger partial charge on any atom is -0.504 e. The zero-order valence-electron chi connectivity index (χ0n) is 17.7. The van der Waals surface area contributed by atoms with Gasteiger partial charge in [-0.1, -0.05) is 45.0 Å². The maximum Gasteiger partial charge on any atom is 0.289 e. The molecule has 0 unspecified atom stereocenters. The Morgan fingerprint density at radius 2 is 1.73 bits per heavy atom. The topological polar surface area (TPSA) is 77.2 Å². The fourth-order valence-electron chi connectivity index (χ4n) is 3.82. The van der Waals surface area contributed by atoms with E-state index in [-0.39, 0.29) is 22.8 Å². The van der Waals surface area contributed by atoms with E-state index in [2.05, 4.69) is 25.7 Å². The van der Waals surface area contributed by atoms with Crippen LogP contribution in [0.25, 0.3) is 11.0 Å². The Balaban J connectivity index is 1.42. The first-order chi connectivity index (χ1) is 14.2. The fraction of sp³-hybridized carbons (Fsp3) is 0.375. The van der Waals surface area contributed by atoms with Gasteiger partial charge in [0.05, 0.1) is 0 Å². The number of nitrogens with zero attached hydrogens (tertiary/aromatic N) is 2. The van der Waals surface area contributed by atoms with E-state index in [4.69, 9.17) is 4.42 Å². The summed E-state index contributed by atoms with van der Waals surface area (Å²) in [5, 5.41) is 21.4. The lowest BCUT2D eigenvalue weighted by Crippen LogP contribution is -2.48. The molecule has 158 valence electrons. The third-order valence-electron chi connectivity index (χ3n) is 5.72. The molecule has 2 heterocycles. The summed E-state index contributed by atoms with van der Waals surface area (Å²) >= 11 is 0. The van der Waals surface area contributed by atoms with Crippen molar-refractivity contribution in [3.8, 4) is 11.5 Å². The number of para-hydroxylation sites is 1. The van der Waals surface area contributed by atoms with E-state index < -0.39 is 0 Å². The number of furan rings is 1. The number of hydrogen-bond donors (Lipinski definition) is 2. The summed E-state index contributed by atoms with van der Waals surface area (Å²) in [6.07, 6.45) is 0. The number of aromatic hydroxyl groups is 2. The Bertz CT molecular complexity index is 1040. The number of piperazine rings is 1. The molecule has 6 nitrogen and oxygen atoms in total. The molecule has 0 spiro atoms. The lowest BCUT2D eigenvalue weighted by Gasteiger charge is -2.34. The molecule has 0 radical (unpaired) electrons. The molecule has 3 aromatic rings. The summed E-state index contributed by atoms with van der Waals surface area (Å²) in [5.41, 5.74) is 2.27. The highest BCUT2D eigenvalue weighted by molar-refractivity contribution is 5.96. The minimum absolute atomic E-state index is 0.0659. The first-order valence-electron chi connectivity index (χ1n) is 10.3. The van der Waals surface area contributed by atoms with Crippen LogP contribution >= 0.6 is 0 Å². The van der Waals surface area contributed by atoms with Crippen LogP contribution < -0.4 is 0 Å².